The zero-order valence-corrected chi connectivity index (χ0v) is 18.9. The van der Waals surface area contributed by atoms with Crippen LogP contribution in [0.1, 0.15) is 23.3 Å². The van der Waals surface area contributed by atoms with Crippen molar-refractivity contribution in [1.82, 2.24) is 15.1 Å². The molecule has 0 spiro atoms. The third-order valence-corrected chi connectivity index (χ3v) is 7.52. The Morgan fingerprint density at radius 1 is 1.03 bits per heavy atom. The summed E-state index contributed by atoms with van der Waals surface area (Å²) in [5.41, 5.74) is 1.28. The van der Waals surface area contributed by atoms with Crippen molar-refractivity contribution in [3.8, 4) is 0 Å². The lowest BCUT2D eigenvalue weighted by Crippen LogP contribution is -2.51. The molecule has 0 aliphatic carbocycles. The normalized spacial score (nSPS) is 20.2. The van der Waals surface area contributed by atoms with E-state index in [2.05, 4.69) is 45.4 Å². The number of thiophene rings is 1. The highest BCUT2D eigenvalue weighted by molar-refractivity contribution is 7.16. The lowest BCUT2D eigenvalue weighted by Gasteiger charge is -2.38. The van der Waals surface area contributed by atoms with Crippen molar-refractivity contribution in [2.24, 2.45) is 0 Å². The third kappa shape index (κ3) is 5.62. The van der Waals surface area contributed by atoms with Crippen molar-refractivity contribution in [2.45, 2.75) is 24.8 Å². The van der Waals surface area contributed by atoms with Gasteiger partial charge >= 0.3 is 0 Å². The molecule has 2 saturated heterocycles. The van der Waals surface area contributed by atoms with Crippen LogP contribution in [-0.4, -0.2) is 68.2 Å². The van der Waals surface area contributed by atoms with E-state index in [1.165, 1.54) is 10.4 Å². The Morgan fingerprint density at radius 2 is 1.73 bits per heavy atom. The Balaban J connectivity index is 1.24. The molecule has 162 valence electrons. The minimum atomic E-state index is -0.0180. The van der Waals surface area contributed by atoms with Crippen molar-refractivity contribution in [3.05, 3.63) is 57.2 Å². The van der Waals surface area contributed by atoms with Gasteiger partial charge in [-0.25, -0.2) is 0 Å². The summed E-state index contributed by atoms with van der Waals surface area (Å²) in [4.78, 5) is 18.7. The lowest BCUT2D eigenvalue weighted by molar-refractivity contribution is -0.123. The second-order valence-electron chi connectivity index (χ2n) is 8.29. The molecule has 0 bridgehead atoms. The van der Waals surface area contributed by atoms with Gasteiger partial charge in [0, 0.05) is 62.8 Å². The van der Waals surface area contributed by atoms with Crippen LogP contribution >= 0.6 is 22.9 Å². The van der Waals surface area contributed by atoms with Gasteiger partial charge in [-0.1, -0.05) is 41.9 Å². The topological polar surface area (TPSA) is 44.8 Å². The first-order valence-corrected chi connectivity index (χ1v) is 11.9. The Kier molecular flexibility index (Phi) is 7.44. The van der Waals surface area contributed by atoms with Crippen molar-refractivity contribution < 1.29 is 9.53 Å². The smallest absolute Gasteiger partial charge is 0.234 e. The number of nitrogens with one attached hydrogen (secondary N) is 1. The Hall–Kier alpha value is -1.44. The van der Waals surface area contributed by atoms with E-state index in [1.807, 2.05) is 12.1 Å². The summed E-state index contributed by atoms with van der Waals surface area (Å²) < 4.78 is 6.44. The first kappa shape index (κ1) is 21.8. The maximum Gasteiger partial charge on any atom is 0.234 e. The van der Waals surface area contributed by atoms with Crippen LogP contribution in [0.4, 0.5) is 0 Å². The van der Waals surface area contributed by atoms with Crippen molar-refractivity contribution in [2.75, 3.05) is 52.5 Å². The lowest BCUT2D eigenvalue weighted by atomic mass is 9.74. The maximum atomic E-state index is 12.7. The van der Waals surface area contributed by atoms with E-state index in [-0.39, 0.29) is 11.3 Å². The minimum absolute atomic E-state index is 0.0180. The summed E-state index contributed by atoms with van der Waals surface area (Å²) >= 11 is 7.68. The predicted octanol–water partition coefficient (Wildman–Crippen LogP) is 3.38. The number of carbonyl (C=O) groups excluding carboxylic acids is 1. The zero-order valence-electron chi connectivity index (χ0n) is 17.3. The second-order valence-corrected chi connectivity index (χ2v) is 10.1. The quantitative estimate of drug-likeness (QED) is 0.706. The molecule has 5 nitrogen and oxygen atoms in total. The molecule has 1 aromatic heterocycles. The Bertz CT molecular complexity index is 815. The summed E-state index contributed by atoms with van der Waals surface area (Å²) in [6.45, 7) is 7.40. The molecule has 0 atom stereocenters. The first-order valence-electron chi connectivity index (χ1n) is 10.7. The molecule has 4 rings (SSSR count). The average Bonchev–Trinajstić information content (AvgIpc) is 3.19. The van der Waals surface area contributed by atoms with Crippen LogP contribution in [0.5, 0.6) is 0 Å². The first-order chi connectivity index (χ1) is 14.6. The van der Waals surface area contributed by atoms with Gasteiger partial charge < -0.3 is 10.1 Å². The highest BCUT2D eigenvalue weighted by atomic mass is 35.5. The van der Waals surface area contributed by atoms with Crippen LogP contribution in [0.3, 0.4) is 0 Å². The van der Waals surface area contributed by atoms with Crippen molar-refractivity contribution in [1.29, 1.82) is 0 Å². The number of piperazine rings is 1. The van der Waals surface area contributed by atoms with Gasteiger partial charge in [0.25, 0.3) is 0 Å². The molecule has 1 amide bonds. The SMILES string of the molecule is O=C(CN1CCN(Cc2ccc(Cl)s2)CC1)NCC1(c2ccccc2)CCOCC1. The highest BCUT2D eigenvalue weighted by Crippen LogP contribution is 2.34. The molecule has 2 aliphatic rings. The highest BCUT2D eigenvalue weighted by Gasteiger charge is 2.34. The standard InChI is InChI=1S/C23H30ClN3O2S/c24-21-7-6-20(30-21)16-26-10-12-27(13-11-26)17-22(28)25-18-23(8-14-29-15-9-23)19-4-2-1-3-5-19/h1-7H,8-18H2,(H,25,28). The number of hydrogen-bond donors (Lipinski definition) is 1. The van der Waals surface area contributed by atoms with E-state index in [1.54, 1.807) is 11.3 Å². The van der Waals surface area contributed by atoms with Crippen LogP contribution < -0.4 is 5.32 Å². The van der Waals surface area contributed by atoms with Crippen LogP contribution in [0.2, 0.25) is 4.34 Å². The molecule has 2 aliphatic heterocycles. The molecule has 0 unspecified atom stereocenters. The maximum absolute atomic E-state index is 12.7. The van der Waals surface area contributed by atoms with Crippen molar-refractivity contribution >= 4 is 28.8 Å². The van der Waals surface area contributed by atoms with E-state index in [0.717, 1.165) is 63.1 Å². The Morgan fingerprint density at radius 3 is 2.40 bits per heavy atom. The largest absolute Gasteiger partial charge is 0.381 e. The number of carbonyl (C=O) groups is 1. The number of hydrogen-bond acceptors (Lipinski definition) is 5. The summed E-state index contributed by atoms with van der Waals surface area (Å²) in [5.74, 6) is 0.121. The van der Waals surface area contributed by atoms with E-state index in [4.69, 9.17) is 16.3 Å². The zero-order chi connectivity index (χ0) is 20.8. The van der Waals surface area contributed by atoms with E-state index in [0.29, 0.717) is 13.1 Å². The molecule has 0 saturated carbocycles. The molecule has 30 heavy (non-hydrogen) atoms. The summed E-state index contributed by atoms with van der Waals surface area (Å²) in [6.07, 6.45) is 1.89. The number of rotatable bonds is 7. The van der Waals surface area contributed by atoms with E-state index >= 15 is 0 Å². The predicted molar refractivity (Wildman–Crippen MR) is 122 cm³/mol. The summed E-state index contributed by atoms with van der Waals surface area (Å²) in [6, 6.07) is 14.6. The third-order valence-electron chi connectivity index (χ3n) is 6.30. The molecular weight excluding hydrogens is 418 g/mol. The Labute approximate surface area is 188 Å². The van der Waals surface area contributed by atoms with Gasteiger partial charge in [-0.3, -0.25) is 14.6 Å². The van der Waals surface area contributed by atoms with Crippen LogP contribution in [-0.2, 0) is 21.5 Å². The minimum Gasteiger partial charge on any atom is -0.381 e. The van der Waals surface area contributed by atoms with Crippen LogP contribution in [0.25, 0.3) is 0 Å². The summed E-state index contributed by atoms with van der Waals surface area (Å²) in [7, 11) is 0. The molecule has 0 radical (unpaired) electrons. The molecule has 1 aromatic carbocycles. The fraction of sp³-hybridized carbons (Fsp3) is 0.522. The summed E-state index contributed by atoms with van der Waals surface area (Å²) in [5, 5.41) is 3.23. The molecule has 3 heterocycles. The van der Waals surface area contributed by atoms with Gasteiger partial charge in [0.2, 0.25) is 5.91 Å². The number of ether oxygens (including phenoxy) is 1. The van der Waals surface area contributed by atoms with Crippen molar-refractivity contribution in [3.63, 3.8) is 0 Å². The fourth-order valence-electron chi connectivity index (χ4n) is 4.41. The van der Waals surface area contributed by atoms with Gasteiger partial charge in [0.15, 0.2) is 0 Å². The fourth-order valence-corrected chi connectivity index (χ4v) is 5.54. The van der Waals surface area contributed by atoms with Gasteiger partial charge in [0.05, 0.1) is 10.9 Å². The van der Waals surface area contributed by atoms with E-state index < -0.39 is 0 Å². The molecule has 2 aromatic rings. The van der Waals surface area contributed by atoms with E-state index in [9.17, 15) is 4.79 Å². The monoisotopic (exact) mass is 447 g/mol. The molecule has 2 fully saturated rings. The number of halogens is 1. The van der Waals surface area contributed by atoms with Gasteiger partial charge in [-0.05, 0) is 30.5 Å². The van der Waals surface area contributed by atoms with Gasteiger partial charge in [-0.2, -0.15) is 0 Å². The number of amides is 1. The van der Waals surface area contributed by atoms with Gasteiger partial charge in [0.1, 0.15) is 0 Å². The molecule has 7 heteroatoms. The second kappa shape index (κ2) is 10.2. The van der Waals surface area contributed by atoms with Crippen LogP contribution in [0, 0.1) is 0 Å². The number of nitrogens with zero attached hydrogens (tertiary/aromatic N) is 2. The molecule has 1 N–H and O–H groups in total. The van der Waals surface area contributed by atoms with Gasteiger partial charge in [-0.15, -0.1) is 11.3 Å². The molecular formula is C23H30ClN3O2S. The average molecular weight is 448 g/mol. The van der Waals surface area contributed by atoms with Crippen LogP contribution in [0.15, 0.2) is 42.5 Å². The number of benzene rings is 1.